The van der Waals surface area contributed by atoms with E-state index in [1.807, 2.05) is 6.07 Å². The van der Waals surface area contributed by atoms with Crippen molar-refractivity contribution in [2.24, 2.45) is 5.92 Å². The molecule has 0 bridgehead atoms. The van der Waals surface area contributed by atoms with Crippen LogP contribution in [0.15, 0.2) is 22.7 Å². The van der Waals surface area contributed by atoms with Crippen LogP contribution < -0.4 is 16.0 Å². The highest BCUT2D eigenvalue weighted by molar-refractivity contribution is 9.10. The van der Waals surface area contributed by atoms with E-state index in [4.69, 9.17) is 0 Å². The first kappa shape index (κ1) is 15.0. The molecule has 2 amide bonds. The van der Waals surface area contributed by atoms with Crippen molar-refractivity contribution in [3.05, 3.63) is 22.7 Å². The Kier molecular flexibility index (Phi) is 5.14. The summed E-state index contributed by atoms with van der Waals surface area (Å²) in [5, 5.41) is 8.63. The van der Waals surface area contributed by atoms with E-state index in [1.54, 1.807) is 12.1 Å². The first-order valence-corrected chi connectivity index (χ1v) is 7.41. The maximum atomic E-state index is 11.9. The fraction of sp³-hybridized carbons (Fsp3) is 0.429. The van der Waals surface area contributed by atoms with Crippen molar-refractivity contribution in [2.45, 2.75) is 19.8 Å². The zero-order valence-corrected chi connectivity index (χ0v) is 12.9. The lowest BCUT2D eigenvalue weighted by Crippen LogP contribution is -2.29. The molecule has 0 heterocycles. The lowest BCUT2D eigenvalue weighted by atomic mass is 10.2. The van der Waals surface area contributed by atoms with Crippen molar-refractivity contribution < 1.29 is 9.59 Å². The number of carbonyl (C=O) groups is 2. The summed E-state index contributed by atoms with van der Waals surface area (Å²) in [6.45, 7) is 2.61. The second kappa shape index (κ2) is 6.85. The van der Waals surface area contributed by atoms with Crippen LogP contribution in [0.3, 0.4) is 0 Å². The number of amides is 2. The first-order chi connectivity index (χ1) is 9.54. The fourth-order valence-electron chi connectivity index (χ4n) is 1.82. The van der Waals surface area contributed by atoms with Gasteiger partial charge in [-0.1, -0.05) is 15.9 Å². The third kappa shape index (κ3) is 4.94. The van der Waals surface area contributed by atoms with Gasteiger partial charge in [0.15, 0.2) is 0 Å². The molecular formula is C14H18BrN3O2. The van der Waals surface area contributed by atoms with Gasteiger partial charge in [-0.05, 0) is 43.5 Å². The molecule has 1 fully saturated rings. The monoisotopic (exact) mass is 339 g/mol. The molecule has 1 aliphatic rings. The molecule has 3 N–H and O–H groups in total. The first-order valence-electron chi connectivity index (χ1n) is 6.62. The standard InChI is InChI=1S/C14H18BrN3O2/c1-9(19)17-12-5-4-11(15)6-13(12)18-14(20)8-16-7-10-2-3-10/h4-6,10,16H,2-3,7-8H2,1H3,(H,17,19)(H,18,20). The van der Waals surface area contributed by atoms with Crippen LogP contribution in [0.5, 0.6) is 0 Å². The summed E-state index contributed by atoms with van der Waals surface area (Å²) in [7, 11) is 0. The van der Waals surface area contributed by atoms with Crippen molar-refractivity contribution in [1.29, 1.82) is 0 Å². The van der Waals surface area contributed by atoms with Gasteiger partial charge in [-0.15, -0.1) is 0 Å². The van der Waals surface area contributed by atoms with E-state index in [0.29, 0.717) is 11.4 Å². The highest BCUT2D eigenvalue weighted by atomic mass is 79.9. The van der Waals surface area contributed by atoms with E-state index in [2.05, 4.69) is 31.9 Å². The Labute approximate surface area is 126 Å². The SMILES string of the molecule is CC(=O)Nc1ccc(Br)cc1NC(=O)CNCC1CC1. The third-order valence-corrected chi connectivity index (χ3v) is 3.48. The van der Waals surface area contributed by atoms with Crippen LogP contribution in [0.2, 0.25) is 0 Å². The Balaban J connectivity index is 1.93. The molecule has 5 nitrogen and oxygen atoms in total. The second-order valence-corrected chi connectivity index (χ2v) is 5.91. The van der Waals surface area contributed by atoms with E-state index < -0.39 is 0 Å². The minimum atomic E-state index is -0.172. The fourth-order valence-corrected chi connectivity index (χ4v) is 2.19. The van der Waals surface area contributed by atoms with Gasteiger partial charge in [0.05, 0.1) is 17.9 Å². The van der Waals surface area contributed by atoms with Gasteiger partial charge in [-0.3, -0.25) is 9.59 Å². The molecule has 6 heteroatoms. The number of carbonyl (C=O) groups excluding carboxylic acids is 2. The van der Waals surface area contributed by atoms with Gasteiger partial charge in [0.25, 0.3) is 0 Å². The van der Waals surface area contributed by atoms with Crippen molar-refractivity contribution in [3.8, 4) is 0 Å². The molecule has 1 saturated carbocycles. The summed E-state index contributed by atoms with van der Waals surface area (Å²) < 4.78 is 0.841. The van der Waals surface area contributed by atoms with Crippen LogP contribution in [0.1, 0.15) is 19.8 Å². The third-order valence-electron chi connectivity index (χ3n) is 2.98. The van der Waals surface area contributed by atoms with Gasteiger partial charge in [0, 0.05) is 11.4 Å². The number of anilines is 2. The largest absolute Gasteiger partial charge is 0.325 e. The Morgan fingerprint density at radius 1 is 1.25 bits per heavy atom. The smallest absolute Gasteiger partial charge is 0.238 e. The van der Waals surface area contributed by atoms with E-state index in [0.717, 1.165) is 16.9 Å². The molecular weight excluding hydrogens is 322 g/mol. The van der Waals surface area contributed by atoms with Gasteiger partial charge in [-0.25, -0.2) is 0 Å². The zero-order valence-electron chi connectivity index (χ0n) is 11.3. The number of rotatable bonds is 6. The molecule has 1 aromatic carbocycles. The molecule has 2 rings (SSSR count). The molecule has 0 spiro atoms. The predicted molar refractivity (Wildman–Crippen MR) is 82.7 cm³/mol. The minimum Gasteiger partial charge on any atom is -0.325 e. The summed E-state index contributed by atoms with van der Waals surface area (Å²) in [6.07, 6.45) is 2.51. The van der Waals surface area contributed by atoms with Crippen molar-refractivity contribution >= 4 is 39.1 Å². The van der Waals surface area contributed by atoms with Gasteiger partial charge >= 0.3 is 0 Å². The van der Waals surface area contributed by atoms with E-state index >= 15 is 0 Å². The molecule has 20 heavy (non-hydrogen) atoms. The molecule has 0 radical (unpaired) electrons. The van der Waals surface area contributed by atoms with Gasteiger partial charge in [0.2, 0.25) is 11.8 Å². The van der Waals surface area contributed by atoms with Gasteiger partial charge in [0.1, 0.15) is 0 Å². The van der Waals surface area contributed by atoms with Crippen molar-refractivity contribution in [3.63, 3.8) is 0 Å². The normalized spacial score (nSPS) is 13.9. The topological polar surface area (TPSA) is 70.2 Å². The van der Waals surface area contributed by atoms with Gasteiger partial charge in [-0.2, -0.15) is 0 Å². The number of halogens is 1. The van der Waals surface area contributed by atoms with Crippen LogP contribution in [0.25, 0.3) is 0 Å². The summed E-state index contributed by atoms with van der Waals surface area (Å²) in [4.78, 5) is 23.0. The Morgan fingerprint density at radius 2 is 2.00 bits per heavy atom. The van der Waals surface area contributed by atoms with E-state index in [1.165, 1.54) is 19.8 Å². The predicted octanol–water partition coefficient (Wildman–Crippen LogP) is 2.35. The van der Waals surface area contributed by atoms with E-state index in [9.17, 15) is 9.59 Å². The highest BCUT2D eigenvalue weighted by Gasteiger charge is 2.20. The molecule has 0 unspecified atom stereocenters. The zero-order chi connectivity index (χ0) is 14.5. The quantitative estimate of drug-likeness (QED) is 0.745. The summed E-state index contributed by atoms with van der Waals surface area (Å²) in [5.74, 6) is 0.452. The van der Waals surface area contributed by atoms with Crippen LogP contribution in [0.4, 0.5) is 11.4 Å². The summed E-state index contributed by atoms with van der Waals surface area (Å²) >= 11 is 3.35. The molecule has 1 aliphatic carbocycles. The Morgan fingerprint density at radius 3 is 2.65 bits per heavy atom. The molecule has 0 saturated heterocycles. The van der Waals surface area contributed by atoms with Crippen molar-refractivity contribution in [1.82, 2.24) is 5.32 Å². The number of hydrogen-bond donors (Lipinski definition) is 3. The average Bonchev–Trinajstić information content (AvgIpc) is 3.16. The van der Waals surface area contributed by atoms with Crippen LogP contribution in [-0.4, -0.2) is 24.9 Å². The Bertz CT molecular complexity index is 515. The molecule has 0 aromatic heterocycles. The van der Waals surface area contributed by atoms with Crippen LogP contribution >= 0.6 is 15.9 Å². The van der Waals surface area contributed by atoms with Crippen molar-refractivity contribution in [2.75, 3.05) is 23.7 Å². The number of nitrogens with one attached hydrogen (secondary N) is 3. The van der Waals surface area contributed by atoms with E-state index in [-0.39, 0.29) is 18.4 Å². The molecule has 1 aromatic rings. The summed E-state index contributed by atoms with van der Waals surface area (Å²) in [5.41, 5.74) is 1.18. The number of hydrogen-bond acceptors (Lipinski definition) is 3. The lowest BCUT2D eigenvalue weighted by molar-refractivity contribution is -0.116. The van der Waals surface area contributed by atoms with Crippen LogP contribution in [0, 0.1) is 5.92 Å². The maximum absolute atomic E-state index is 11.9. The lowest BCUT2D eigenvalue weighted by Gasteiger charge is -2.12. The molecule has 0 aliphatic heterocycles. The minimum absolute atomic E-state index is 0.115. The summed E-state index contributed by atoms with van der Waals surface area (Å²) in [6, 6.07) is 5.33. The Hall–Kier alpha value is -1.40. The highest BCUT2D eigenvalue weighted by Crippen LogP contribution is 2.27. The molecule has 0 atom stereocenters. The van der Waals surface area contributed by atoms with Gasteiger partial charge < -0.3 is 16.0 Å². The average molecular weight is 340 g/mol. The number of benzene rings is 1. The maximum Gasteiger partial charge on any atom is 0.238 e. The van der Waals surface area contributed by atoms with Crippen LogP contribution in [-0.2, 0) is 9.59 Å². The molecule has 108 valence electrons. The second-order valence-electron chi connectivity index (χ2n) is 4.99.